The molecule has 0 amide bonds. The van der Waals surface area contributed by atoms with Crippen LogP contribution >= 0.6 is 24.0 Å². The average Bonchev–Trinajstić information content (AvgIpc) is 3.09. The third-order valence-corrected chi connectivity index (χ3v) is 4.94. The molecule has 0 fully saturated rings. The first-order valence-electron chi connectivity index (χ1n) is 9.07. The van der Waals surface area contributed by atoms with Crippen molar-refractivity contribution in [3.05, 3.63) is 65.7 Å². The Hall–Kier alpha value is -2.84. The van der Waals surface area contributed by atoms with Crippen LogP contribution in [0.3, 0.4) is 0 Å². The molecule has 0 saturated carbocycles. The molecular weight excluding hydrogens is 404 g/mol. The van der Waals surface area contributed by atoms with E-state index in [4.69, 9.17) is 17.0 Å². The fraction of sp³-hybridized carbons (Fsp3) is 0.190. The number of aromatic nitrogens is 2. The van der Waals surface area contributed by atoms with Crippen LogP contribution in [0.2, 0.25) is 0 Å². The van der Waals surface area contributed by atoms with E-state index in [1.165, 1.54) is 11.8 Å². The molecule has 0 saturated heterocycles. The standard InChI is InChI=1S/C21H22N4O2S2/c1-4-27-20(26)17-18(23-21(28)22-15-12-10-14(2)11-13-15)25(24-19(17)29-3)16-8-6-5-7-9-16/h5-13H,4H2,1-3H3,(H2,22,23,28). The molecule has 1 aromatic heterocycles. The van der Waals surface area contributed by atoms with Crippen LogP contribution in [0.4, 0.5) is 11.5 Å². The molecule has 6 nitrogen and oxygen atoms in total. The third-order valence-electron chi connectivity index (χ3n) is 4.07. The maximum absolute atomic E-state index is 12.7. The van der Waals surface area contributed by atoms with Crippen molar-refractivity contribution < 1.29 is 9.53 Å². The zero-order valence-electron chi connectivity index (χ0n) is 16.4. The van der Waals surface area contributed by atoms with Gasteiger partial charge in [0.2, 0.25) is 0 Å². The highest BCUT2D eigenvalue weighted by Crippen LogP contribution is 2.30. The first-order chi connectivity index (χ1) is 14.0. The molecule has 3 rings (SSSR count). The van der Waals surface area contributed by atoms with E-state index >= 15 is 0 Å². The summed E-state index contributed by atoms with van der Waals surface area (Å²) < 4.78 is 6.93. The van der Waals surface area contributed by atoms with Crippen molar-refractivity contribution in [2.45, 2.75) is 18.9 Å². The fourth-order valence-electron chi connectivity index (χ4n) is 2.71. The van der Waals surface area contributed by atoms with Crippen molar-refractivity contribution in [3.63, 3.8) is 0 Å². The van der Waals surface area contributed by atoms with Crippen LogP contribution in [-0.2, 0) is 4.74 Å². The number of rotatable bonds is 6. The molecule has 0 atom stereocenters. The van der Waals surface area contributed by atoms with Gasteiger partial charge in [0.15, 0.2) is 10.9 Å². The normalized spacial score (nSPS) is 10.4. The molecule has 0 aliphatic rings. The summed E-state index contributed by atoms with van der Waals surface area (Å²) in [5.74, 6) is 0.0169. The lowest BCUT2D eigenvalue weighted by Gasteiger charge is -2.14. The number of benzene rings is 2. The molecule has 1 heterocycles. The van der Waals surface area contributed by atoms with Gasteiger partial charge in [-0.25, -0.2) is 9.48 Å². The molecule has 0 unspecified atom stereocenters. The van der Waals surface area contributed by atoms with Gasteiger partial charge < -0.3 is 15.4 Å². The first-order valence-corrected chi connectivity index (χ1v) is 10.7. The van der Waals surface area contributed by atoms with Crippen molar-refractivity contribution in [2.24, 2.45) is 0 Å². The van der Waals surface area contributed by atoms with Crippen LogP contribution in [0.5, 0.6) is 0 Å². The monoisotopic (exact) mass is 426 g/mol. The number of nitrogens with one attached hydrogen (secondary N) is 2. The Bertz CT molecular complexity index is 1000. The number of aryl methyl sites for hydroxylation is 1. The van der Waals surface area contributed by atoms with Gasteiger partial charge in [-0.15, -0.1) is 11.8 Å². The maximum Gasteiger partial charge on any atom is 0.344 e. The number of thiocarbonyl (C=S) groups is 1. The van der Waals surface area contributed by atoms with E-state index in [0.717, 1.165) is 16.9 Å². The highest BCUT2D eigenvalue weighted by molar-refractivity contribution is 7.98. The van der Waals surface area contributed by atoms with Crippen molar-refractivity contribution >= 4 is 46.6 Å². The van der Waals surface area contributed by atoms with Crippen LogP contribution in [0.1, 0.15) is 22.8 Å². The zero-order chi connectivity index (χ0) is 20.8. The van der Waals surface area contributed by atoms with E-state index in [1.54, 1.807) is 11.6 Å². The van der Waals surface area contributed by atoms with Crippen LogP contribution in [-0.4, -0.2) is 33.7 Å². The largest absolute Gasteiger partial charge is 0.462 e. The van der Waals surface area contributed by atoms with Gasteiger partial charge in [-0.2, -0.15) is 5.10 Å². The molecule has 0 aliphatic carbocycles. The van der Waals surface area contributed by atoms with Gasteiger partial charge in [0, 0.05) is 5.69 Å². The van der Waals surface area contributed by atoms with Crippen molar-refractivity contribution in [3.8, 4) is 5.69 Å². The Kier molecular flexibility index (Phi) is 6.90. The summed E-state index contributed by atoms with van der Waals surface area (Å²) >= 11 is 6.87. The molecule has 0 spiro atoms. The summed E-state index contributed by atoms with van der Waals surface area (Å²) in [5.41, 5.74) is 3.17. The van der Waals surface area contributed by atoms with Gasteiger partial charge in [-0.3, -0.25) is 0 Å². The number of esters is 1. The number of ether oxygens (including phenoxy) is 1. The van der Waals surface area contributed by atoms with E-state index < -0.39 is 5.97 Å². The number of carbonyl (C=O) groups excluding carboxylic acids is 1. The lowest BCUT2D eigenvalue weighted by molar-refractivity contribution is 0.0523. The number of hydrogen-bond acceptors (Lipinski definition) is 5. The summed E-state index contributed by atoms with van der Waals surface area (Å²) in [6, 6.07) is 17.4. The number of carbonyl (C=O) groups is 1. The van der Waals surface area contributed by atoms with Crippen LogP contribution in [0, 0.1) is 6.92 Å². The molecule has 8 heteroatoms. The molecule has 29 heavy (non-hydrogen) atoms. The molecule has 2 aromatic carbocycles. The predicted molar refractivity (Wildman–Crippen MR) is 122 cm³/mol. The van der Waals surface area contributed by atoms with Crippen molar-refractivity contribution in [1.29, 1.82) is 0 Å². The quantitative estimate of drug-likeness (QED) is 0.330. The van der Waals surface area contributed by atoms with Gasteiger partial charge >= 0.3 is 5.97 Å². The van der Waals surface area contributed by atoms with E-state index in [-0.39, 0.29) is 6.61 Å². The number of anilines is 2. The Morgan fingerprint density at radius 3 is 2.45 bits per heavy atom. The van der Waals surface area contributed by atoms with Gasteiger partial charge in [0.25, 0.3) is 0 Å². The zero-order valence-corrected chi connectivity index (χ0v) is 18.1. The van der Waals surface area contributed by atoms with Gasteiger partial charge in [-0.05, 0) is 56.6 Å². The summed E-state index contributed by atoms with van der Waals surface area (Å²) in [6.45, 7) is 4.07. The lowest BCUT2D eigenvalue weighted by Crippen LogP contribution is -2.22. The Balaban J connectivity index is 1.99. The highest BCUT2D eigenvalue weighted by atomic mass is 32.2. The van der Waals surface area contributed by atoms with Crippen molar-refractivity contribution in [1.82, 2.24) is 9.78 Å². The van der Waals surface area contributed by atoms with E-state index in [1.807, 2.05) is 67.8 Å². The number of hydrogen-bond donors (Lipinski definition) is 2. The van der Waals surface area contributed by atoms with E-state index in [0.29, 0.717) is 21.5 Å². The van der Waals surface area contributed by atoms with Crippen LogP contribution in [0.15, 0.2) is 59.6 Å². The van der Waals surface area contributed by atoms with E-state index in [9.17, 15) is 4.79 Å². The lowest BCUT2D eigenvalue weighted by atomic mass is 10.2. The Morgan fingerprint density at radius 1 is 1.14 bits per heavy atom. The number of thioether (sulfide) groups is 1. The second kappa shape index (κ2) is 9.58. The van der Waals surface area contributed by atoms with Crippen LogP contribution < -0.4 is 10.6 Å². The summed E-state index contributed by atoms with van der Waals surface area (Å²) in [7, 11) is 0. The first kappa shape index (κ1) is 20.9. The minimum Gasteiger partial charge on any atom is -0.462 e. The molecule has 0 aliphatic heterocycles. The smallest absolute Gasteiger partial charge is 0.344 e. The maximum atomic E-state index is 12.7. The molecule has 3 aromatic rings. The van der Waals surface area contributed by atoms with Gasteiger partial charge in [0.05, 0.1) is 12.3 Å². The number of nitrogens with zero attached hydrogens (tertiary/aromatic N) is 2. The molecule has 150 valence electrons. The summed E-state index contributed by atoms with van der Waals surface area (Å²) in [6.07, 6.45) is 1.87. The molecule has 0 bridgehead atoms. The van der Waals surface area contributed by atoms with E-state index in [2.05, 4.69) is 15.7 Å². The fourth-order valence-corrected chi connectivity index (χ4v) is 3.47. The second-order valence-corrected chi connectivity index (χ2v) is 7.35. The SMILES string of the molecule is CCOC(=O)c1c(SC)nn(-c2ccccc2)c1NC(=S)Nc1ccc(C)cc1. The number of para-hydroxylation sites is 1. The molecular formula is C21H22N4O2S2. The summed E-state index contributed by atoms with van der Waals surface area (Å²) in [4.78, 5) is 12.7. The molecule has 2 N–H and O–H groups in total. The Morgan fingerprint density at radius 2 is 1.83 bits per heavy atom. The average molecular weight is 427 g/mol. The van der Waals surface area contributed by atoms with Crippen molar-refractivity contribution in [2.75, 3.05) is 23.5 Å². The van der Waals surface area contributed by atoms with Gasteiger partial charge in [0.1, 0.15) is 10.6 Å². The summed E-state index contributed by atoms with van der Waals surface area (Å²) in [5, 5.41) is 11.8. The van der Waals surface area contributed by atoms with Gasteiger partial charge in [-0.1, -0.05) is 35.9 Å². The minimum atomic E-state index is -0.445. The third kappa shape index (κ3) is 4.96. The molecule has 0 radical (unpaired) electrons. The second-order valence-electron chi connectivity index (χ2n) is 6.15. The minimum absolute atomic E-state index is 0.272. The predicted octanol–water partition coefficient (Wildman–Crippen LogP) is 4.89. The topological polar surface area (TPSA) is 68.2 Å². The Labute approximate surface area is 179 Å². The van der Waals surface area contributed by atoms with Crippen LogP contribution in [0.25, 0.3) is 5.69 Å². The highest BCUT2D eigenvalue weighted by Gasteiger charge is 2.26.